The highest BCUT2D eigenvalue weighted by atomic mass is 16.5. The zero-order chi connectivity index (χ0) is 21.1. The molecule has 0 aliphatic heterocycles. The Morgan fingerprint density at radius 2 is 1.86 bits per heavy atom. The van der Waals surface area contributed by atoms with Gasteiger partial charge < -0.3 is 4.74 Å². The Balaban J connectivity index is 2.46. The summed E-state index contributed by atoms with van der Waals surface area (Å²) in [6.07, 6.45) is 7.18. The van der Waals surface area contributed by atoms with Gasteiger partial charge in [0.25, 0.3) is 0 Å². The minimum Gasteiger partial charge on any atom is -0.452 e. The van der Waals surface area contributed by atoms with Crippen molar-refractivity contribution in [2.45, 2.75) is 67.4 Å². The van der Waals surface area contributed by atoms with Crippen LogP contribution in [0.2, 0.25) is 0 Å². The fourth-order valence-electron chi connectivity index (χ4n) is 3.84. The van der Waals surface area contributed by atoms with Gasteiger partial charge in [0.2, 0.25) is 0 Å². The maximum Gasteiger partial charge on any atom is 0.310 e. The van der Waals surface area contributed by atoms with Gasteiger partial charge in [-0.3, -0.25) is 4.79 Å². The van der Waals surface area contributed by atoms with Gasteiger partial charge in [-0.25, -0.2) is 0 Å². The predicted octanol–water partition coefficient (Wildman–Crippen LogP) is 6.98. The second kappa shape index (κ2) is 8.51. The second-order valence-electron chi connectivity index (χ2n) is 10.1. The van der Waals surface area contributed by atoms with E-state index in [9.17, 15) is 4.79 Å². The molecule has 2 heteroatoms. The number of esters is 1. The molecule has 0 spiro atoms. The first-order valence-electron chi connectivity index (χ1n) is 10.2. The standard InChI is InChI=1S/C26H36O2/c1-9-13-20-18(10-2)16-19-14-11-12-15-21(19)23(20)28-24(27)22(26(6,7)8)17-25(3,4)5/h9-15,22-23H,2,16-17H2,1,3-8H3/b13-9-. The van der Waals surface area contributed by atoms with E-state index in [0.29, 0.717) is 0 Å². The number of carbonyl (C=O) groups is 1. The smallest absolute Gasteiger partial charge is 0.310 e. The minimum atomic E-state index is -0.383. The van der Waals surface area contributed by atoms with Crippen LogP contribution in [0.3, 0.4) is 0 Å². The summed E-state index contributed by atoms with van der Waals surface area (Å²) in [4.78, 5) is 13.4. The number of carbonyl (C=O) groups excluding carboxylic acids is 1. The van der Waals surface area contributed by atoms with Crippen LogP contribution in [0.25, 0.3) is 0 Å². The van der Waals surface area contributed by atoms with Crippen LogP contribution in [-0.2, 0) is 16.0 Å². The zero-order valence-electron chi connectivity index (χ0n) is 18.6. The van der Waals surface area contributed by atoms with Crippen LogP contribution in [0.5, 0.6) is 0 Å². The average Bonchev–Trinajstić information content (AvgIpc) is 2.59. The number of hydrogen-bond donors (Lipinski definition) is 0. The normalized spacial score (nSPS) is 18.8. The van der Waals surface area contributed by atoms with Gasteiger partial charge in [0.1, 0.15) is 0 Å². The van der Waals surface area contributed by atoms with E-state index >= 15 is 0 Å². The van der Waals surface area contributed by atoms with Crippen molar-refractivity contribution < 1.29 is 9.53 Å². The van der Waals surface area contributed by atoms with Gasteiger partial charge in [0.05, 0.1) is 5.92 Å². The molecule has 1 aliphatic rings. The number of benzene rings is 1. The molecule has 0 saturated heterocycles. The predicted molar refractivity (Wildman–Crippen MR) is 118 cm³/mol. The SMILES string of the molecule is C=CC1=C(/C=C\C)C(OC(=O)C(CC(C)(C)C)C(C)(C)C)c2ccccc2C1. The zero-order valence-corrected chi connectivity index (χ0v) is 18.6. The summed E-state index contributed by atoms with van der Waals surface area (Å²) >= 11 is 0. The van der Waals surface area contributed by atoms with Gasteiger partial charge >= 0.3 is 5.97 Å². The lowest BCUT2D eigenvalue weighted by atomic mass is 9.72. The topological polar surface area (TPSA) is 26.3 Å². The molecule has 2 unspecified atom stereocenters. The first-order valence-corrected chi connectivity index (χ1v) is 10.2. The Hall–Kier alpha value is -2.09. The summed E-state index contributed by atoms with van der Waals surface area (Å²) in [5.74, 6) is -0.282. The molecule has 1 aromatic carbocycles. The molecule has 0 heterocycles. The van der Waals surface area contributed by atoms with Gasteiger partial charge in [-0.05, 0) is 41.7 Å². The quantitative estimate of drug-likeness (QED) is 0.515. The Morgan fingerprint density at radius 3 is 2.39 bits per heavy atom. The second-order valence-corrected chi connectivity index (χ2v) is 10.1. The number of rotatable bonds is 5. The third kappa shape index (κ3) is 5.25. The van der Waals surface area contributed by atoms with Crippen LogP contribution in [0, 0.1) is 16.7 Å². The summed E-state index contributed by atoms with van der Waals surface area (Å²) in [6, 6.07) is 8.24. The molecular formula is C26H36O2. The molecule has 2 atom stereocenters. The van der Waals surface area contributed by atoms with Crippen molar-refractivity contribution in [3.05, 3.63) is 71.3 Å². The Bertz CT molecular complexity index is 781. The average molecular weight is 381 g/mol. The Kier molecular flexibility index (Phi) is 6.75. The highest BCUT2D eigenvalue weighted by Crippen LogP contribution is 2.42. The van der Waals surface area contributed by atoms with Crippen molar-refractivity contribution >= 4 is 5.97 Å². The molecule has 152 valence electrons. The molecular weight excluding hydrogens is 344 g/mol. The molecule has 0 saturated carbocycles. The minimum absolute atomic E-state index is 0.0513. The van der Waals surface area contributed by atoms with E-state index in [1.54, 1.807) is 0 Å². The highest BCUT2D eigenvalue weighted by Gasteiger charge is 2.38. The molecule has 0 aromatic heterocycles. The van der Waals surface area contributed by atoms with E-state index in [4.69, 9.17) is 4.74 Å². The lowest BCUT2D eigenvalue weighted by Crippen LogP contribution is -2.35. The van der Waals surface area contributed by atoms with E-state index < -0.39 is 0 Å². The maximum atomic E-state index is 13.4. The first kappa shape index (κ1) is 22.2. The molecule has 0 bridgehead atoms. The van der Waals surface area contributed by atoms with E-state index in [1.165, 1.54) is 5.56 Å². The summed E-state index contributed by atoms with van der Waals surface area (Å²) in [5.41, 5.74) is 4.33. The molecule has 1 aromatic rings. The van der Waals surface area contributed by atoms with Crippen molar-refractivity contribution in [1.82, 2.24) is 0 Å². The molecule has 0 amide bonds. The lowest BCUT2D eigenvalue weighted by Gasteiger charge is -2.36. The molecule has 1 aliphatic carbocycles. The summed E-state index contributed by atoms with van der Waals surface area (Å²) in [6.45, 7) is 18.9. The van der Waals surface area contributed by atoms with E-state index in [-0.39, 0.29) is 28.8 Å². The van der Waals surface area contributed by atoms with Crippen molar-refractivity contribution in [2.24, 2.45) is 16.7 Å². The van der Waals surface area contributed by atoms with Crippen LogP contribution < -0.4 is 0 Å². The molecule has 0 N–H and O–H groups in total. The third-order valence-electron chi connectivity index (χ3n) is 5.34. The number of hydrogen-bond acceptors (Lipinski definition) is 2. The van der Waals surface area contributed by atoms with Crippen molar-refractivity contribution in [3.63, 3.8) is 0 Å². The van der Waals surface area contributed by atoms with Gasteiger partial charge in [0, 0.05) is 11.1 Å². The monoisotopic (exact) mass is 380 g/mol. The molecule has 2 nitrogen and oxygen atoms in total. The molecule has 0 fully saturated rings. The maximum absolute atomic E-state index is 13.4. The van der Waals surface area contributed by atoms with Gasteiger partial charge in [0.15, 0.2) is 6.10 Å². The highest BCUT2D eigenvalue weighted by molar-refractivity contribution is 5.74. The van der Waals surface area contributed by atoms with Gasteiger partial charge in [-0.1, -0.05) is 90.6 Å². The Labute approximate surface area is 171 Å². The van der Waals surface area contributed by atoms with E-state index in [1.807, 2.05) is 31.2 Å². The molecule has 2 rings (SSSR count). The van der Waals surface area contributed by atoms with Crippen LogP contribution in [0.4, 0.5) is 0 Å². The van der Waals surface area contributed by atoms with Gasteiger partial charge in [-0.2, -0.15) is 0 Å². The van der Waals surface area contributed by atoms with Crippen LogP contribution >= 0.6 is 0 Å². The van der Waals surface area contributed by atoms with Crippen LogP contribution in [0.1, 0.15) is 72.1 Å². The van der Waals surface area contributed by atoms with Crippen molar-refractivity contribution in [2.75, 3.05) is 0 Å². The lowest BCUT2D eigenvalue weighted by molar-refractivity contribution is -0.158. The van der Waals surface area contributed by atoms with Gasteiger partial charge in [-0.15, -0.1) is 0 Å². The fraction of sp³-hybridized carbons (Fsp3) is 0.500. The van der Waals surface area contributed by atoms with E-state index in [2.05, 4.69) is 66.3 Å². The van der Waals surface area contributed by atoms with Crippen molar-refractivity contribution in [3.8, 4) is 0 Å². The number of allylic oxidation sites excluding steroid dienone is 3. The fourth-order valence-corrected chi connectivity index (χ4v) is 3.84. The van der Waals surface area contributed by atoms with Crippen LogP contribution in [0.15, 0.2) is 60.2 Å². The molecule has 28 heavy (non-hydrogen) atoms. The molecule has 0 radical (unpaired) electrons. The first-order chi connectivity index (χ1) is 13.0. The van der Waals surface area contributed by atoms with E-state index in [0.717, 1.165) is 29.6 Å². The third-order valence-corrected chi connectivity index (χ3v) is 5.34. The summed E-state index contributed by atoms with van der Waals surface area (Å²) < 4.78 is 6.25. The number of fused-ring (bicyclic) bond motifs is 1. The Morgan fingerprint density at radius 1 is 1.21 bits per heavy atom. The van der Waals surface area contributed by atoms with Crippen LogP contribution in [-0.4, -0.2) is 5.97 Å². The van der Waals surface area contributed by atoms with Crippen molar-refractivity contribution in [1.29, 1.82) is 0 Å². The summed E-state index contributed by atoms with van der Waals surface area (Å²) in [7, 11) is 0. The summed E-state index contributed by atoms with van der Waals surface area (Å²) in [5, 5.41) is 0. The number of ether oxygens (including phenoxy) is 1. The largest absolute Gasteiger partial charge is 0.452 e.